The van der Waals surface area contributed by atoms with Gasteiger partial charge in [0, 0.05) is 44.0 Å². The Bertz CT molecular complexity index is 807. The van der Waals surface area contributed by atoms with Gasteiger partial charge in [-0.15, -0.1) is 0 Å². The Balaban J connectivity index is 1.66. The predicted molar refractivity (Wildman–Crippen MR) is 98.9 cm³/mol. The van der Waals surface area contributed by atoms with Gasteiger partial charge in [0.05, 0.1) is 19.8 Å². The zero-order chi connectivity index (χ0) is 19.4. The minimum atomic E-state index is -1.00. The number of hydrogen-bond donors (Lipinski definition) is 1. The van der Waals surface area contributed by atoms with Crippen molar-refractivity contribution >= 4 is 17.7 Å². The Hall–Kier alpha value is -3.29. The molecule has 0 unspecified atom stereocenters. The van der Waals surface area contributed by atoms with Gasteiger partial charge in [-0.1, -0.05) is 0 Å². The quantitative estimate of drug-likeness (QED) is 0.856. The van der Waals surface area contributed by atoms with Gasteiger partial charge in [-0.2, -0.15) is 0 Å². The molecule has 0 atom stereocenters. The number of anilines is 1. The van der Waals surface area contributed by atoms with Crippen molar-refractivity contribution in [3.8, 4) is 11.5 Å². The van der Waals surface area contributed by atoms with Crippen LogP contribution >= 0.6 is 0 Å². The van der Waals surface area contributed by atoms with Crippen molar-refractivity contribution < 1.29 is 24.2 Å². The average molecular weight is 371 g/mol. The van der Waals surface area contributed by atoms with Crippen molar-refractivity contribution in [2.45, 2.75) is 0 Å². The molecule has 2 aromatic rings. The number of carboxylic acid groups (broad SMARTS) is 1. The Morgan fingerprint density at radius 3 is 2.07 bits per heavy atom. The second-order valence-corrected chi connectivity index (χ2v) is 6.09. The van der Waals surface area contributed by atoms with Crippen LogP contribution in [0, 0.1) is 0 Å². The number of pyridine rings is 1. The van der Waals surface area contributed by atoms with Crippen LogP contribution in [0.4, 0.5) is 5.82 Å². The Kier molecular flexibility index (Phi) is 5.44. The summed E-state index contributed by atoms with van der Waals surface area (Å²) >= 11 is 0. The highest BCUT2D eigenvalue weighted by Crippen LogP contribution is 2.24. The summed E-state index contributed by atoms with van der Waals surface area (Å²) in [5.41, 5.74) is 0.670. The average Bonchev–Trinajstić information content (AvgIpc) is 2.73. The van der Waals surface area contributed by atoms with Gasteiger partial charge in [0.2, 0.25) is 0 Å². The summed E-state index contributed by atoms with van der Waals surface area (Å²) < 4.78 is 10.5. The van der Waals surface area contributed by atoms with Crippen LogP contribution in [0.1, 0.15) is 20.7 Å². The maximum atomic E-state index is 12.8. The smallest absolute Gasteiger partial charge is 0.337 e. The molecule has 142 valence electrons. The van der Waals surface area contributed by atoms with E-state index < -0.39 is 5.97 Å². The van der Waals surface area contributed by atoms with E-state index in [0.717, 1.165) is 0 Å². The van der Waals surface area contributed by atoms with Crippen LogP contribution in [0.25, 0.3) is 0 Å². The summed E-state index contributed by atoms with van der Waals surface area (Å²) in [7, 11) is 3.09. The number of amides is 1. The van der Waals surface area contributed by atoms with Gasteiger partial charge in [0.15, 0.2) is 0 Å². The van der Waals surface area contributed by atoms with Crippen molar-refractivity contribution in [1.29, 1.82) is 0 Å². The number of benzene rings is 1. The number of hydrogen-bond acceptors (Lipinski definition) is 6. The van der Waals surface area contributed by atoms with Gasteiger partial charge < -0.3 is 24.4 Å². The van der Waals surface area contributed by atoms with Gasteiger partial charge in [-0.25, -0.2) is 9.78 Å². The zero-order valence-electron chi connectivity index (χ0n) is 15.2. The fourth-order valence-electron chi connectivity index (χ4n) is 2.95. The molecule has 1 aromatic heterocycles. The molecule has 1 aliphatic heterocycles. The number of aromatic nitrogens is 1. The largest absolute Gasteiger partial charge is 0.497 e. The van der Waals surface area contributed by atoms with E-state index in [1.54, 1.807) is 43.4 Å². The van der Waals surface area contributed by atoms with Crippen molar-refractivity contribution in [2.75, 3.05) is 45.3 Å². The van der Waals surface area contributed by atoms with E-state index in [0.29, 0.717) is 49.1 Å². The molecule has 0 aliphatic carbocycles. The molecule has 0 saturated carbocycles. The lowest BCUT2D eigenvalue weighted by Gasteiger charge is -2.35. The second-order valence-electron chi connectivity index (χ2n) is 6.09. The van der Waals surface area contributed by atoms with Gasteiger partial charge in [-0.05, 0) is 24.3 Å². The third-order valence-corrected chi connectivity index (χ3v) is 4.48. The first kappa shape index (κ1) is 18.5. The third kappa shape index (κ3) is 4.11. The molecule has 0 spiro atoms. The lowest BCUT2D eigenvalue weighted by Crippen LogP contribution is -2.49. The van der Waals surface area contributed by atoms with Crippen molar-refractivity contribution in [3.05, 3.63) is 47.7 Å². The standard InChI is InChI=1S/C19H21N3O5/c1-26-15-9-14(10-16(11-15)27-2)18(23)22-7-5-21(6-8-22)17-4-3-13(12-20-17)19(24)25/h3-4,9-12H,5-8H2,1-2H3,(H,24,25). The number of ether oxygens (including phenoxy) is 2. The molecule has 0 radical (unpaired) electrons. The molecule has 3 rings (SSSR count). The topological polar surface area (TPSA) is 92.2 Å². The molecule has 1 aromatic carbocycles. The van der Waals surface area contributed by atoms with Crippen molar-refractivity contribution in [3.63, 3.8) is 0 Å². The van der Waals surface area contributed by atoms with E-state index in [1.165, 1.54) is 12.3 Å². The van der Waals surface area contributed by atoms with Gasteiger partial charge in [0.25, 0.3) is 5.91 Å². The molecule has 1 fully saturated rings. The molecule has 27 heavy (non-hydrogen) atoms. The highest BCUT2D eigenvalue weighted by Gasteiger charge is 2.24. The number of rotatable bonds is 5. The van der Waals surface area contributed by atoms with E-state index in [-0.39, 0.29) is 11.5 Å². The molecule has 0 bridgehead atoms. The first-order chi connectivity index (χ1) is 13.0. The maximum absolute atomic E-state index is 12.8. The summed E-state index contributed by atoms with van der Waals surface area (Å²) in [6, 6.07) is 8.34. The van der Waals surface area contributed by atoms with Crippen LogP contribution < -0.4 is 14.4 Å². The Morgan fingerprint density at radius 2 is 1.59 bits per heavy atom. The van der Waals surface area contributed by atoms with Crippen LogP contribution in [0.15, 0.2) is 36.5 Å². The first-order valence-electron chi connectivity index (χ1n) is 8.48. The van der Waals surface area contributed by atoms with Crippen LogP contribution in [0.5, 0.6) is 11.5 Å². The number of piperazine rings is 1. The molecule has 2 heterocycles. The van der Waals surface area contributed by atoms with E-state index in [4.69, 9.17) is 14.6 Å². The molecular weight excluding hydrogens is 350 g/mol. The van der Waals surface area contributed by atoms with Gasteiger partial charge >= 0.3 is 5.97 Å². The van der Waals surface area contributed by atoms with Crippen LogP contribution in [0.3, 0.4) is 0 Å². The Labute approximate surface area is 156 Å². The van der Waals surface area contributed by atoms with Crippen LogP contribution in [0.2, 0.25) is 0 Å². The number of aromatic carboxylic acids is 1. The lowest BCUT2D eigenvalue weighted by atomic mass is 10.1. The molecule has 1 amide bonds. The first-order valence-corrected chi connectivity index (χ1v) is 8.48. The third-order valence-electron chi connectivity index (χ3n) is 4.48. The summed E-state index contributed by atoms with van der Waals surface area (Å²) in [6.07, 6.45) is 1.34. The van der Waals surface area contributed by atoms with E-state index in [2.05, 4.69) is 4.98 Å². The predicted octanol–water partition coefficient (Wildman–Crippen LogP) is 1.76. The second kappa shape index (κ2) is 7.94. The fraction of sp³-hybridized carbons (Fsp3) is 0.316. The zero-order valence-corrected chi connectivity index (χ0v) is 15.2. The SMILES string of the molecule is COc1cc(OC)cc(C(=O)N2CCN(c3ccc(C(=O)O)cn3)CC2)c1. The Morgan fingerprint density at radius 1 is 0.963 bits per heavy atom. The summed E-state index contributed by atoms with van der Waals surface area (Å²) in [4.78, 5) is 31.7. The molecule has 1 saturated heterocycles. The molecule has 8 nitrogen and oxygen atoms in total. The normalized spacial score (nSPS) is 14.0. The van der Waals surface area contributed by atoms with Crippen LogP contribution in [-0.2, 0) is 0 Å². The minimum absolute atomic E-state index is 0.0824. The van der Waals surface area contributed by atoms with E-state index in [1.807, 2.05) is 4.90 Å². The van der Waals surface area contributed by atoms with Crippen LogP contribution in [-0.4, -0.2) is 67.3 Å². The van der Waals surface area contributed by atoms with E-state index in [9.17, 15) is 9.59 Å². The molecule has 1 N–H and O–H groups in total. The number of carbonyl (C=O) groups is 2. The van der Waals surface area contributed by atoms with Crippen molar-refractivity contribution in [2.24, 2.45) is 0 Å². The highest BCUT2D eigenvalue weighted by molar-refractivity contribution is 5.95. The molecule has 8 heteroatoms. The maximum Gasteiger partial charge on any atom is 0.337 e. The summed E-state index contributed by atoms with van der Waals surface area (Å²) in [6.45, 7) is 2.32. The number of carbonyl (C=O) groups excluding carboxylic acids is 1. The number of methoxy groups -OCH3 is 2. The summed E-state index contributed by atoms with van der Waals surface area (Å²) in [5, 5.41) is 8.95. The number of nitrogens with zero attached hydrogens (tertiary/aromatic N) is 3. The lowest BCUT2D eigenvalue weighted by molar-refractivity contribution is 0.0694. The van der Waals surface area contributed by atoms with Crippen molar-refractivity contribution in [1.82, 2.24) is 9.88 Å². The van der Waals surface area contributed by atoms with Gasteiger partial charge in [-0.3, -0.25) is 4.79 Å². The molecular formula is C19H21N3O5. The summed E-state index contributed by atoms with van der Waals surface area (Å²) in [5.74, 6) is 0.757. The van der Waals surface area contributed by atoms with Gasteiger partial charge in [0.1, 0.15) is 17.3 Å². The minimum Gasteiger partial charge on any atom is -0.497 e. The number of carboxylic acids is 1. The highest BCUT2D eigenvalue weighted by atomic mass is 16.5. The fourth-order valence-corrected chi connectivity index (χ4v) is 2.95. The monoisotopic (exact) mass is 371 g/mol. The molecule has 1 aliphatic rings. The van der Waals surface area contributed by atoms with E-state index >= 15 is 0 Å².